The van der Waals surface area contributed by atoms with E-state index in [1.165, 1.54) is 16.0 Å². The van der Waals surface area contributed by atoms with E-state index in [4.69, 9.17) is 11.6 Å². The molecule has 0 aliphatic carbocycles. The Hall–Kier alpha value is -1.49. The van der Waals surface area contributed by atoms with Crippen molar-refractivity contribution in [3.63, 3.8) is 0 Å². The number of carbonyl (C=O) groups is 1. The van der Waals surface area contributed by atoms with Crippen LogP contribution < -0.4 is 5.32 Å². The molecule has 2 aromatic carbocycles. The van der Waals surface area contributed by atoms with Crippen LogP contribution >= 0.6 is 23.4 Å². The number of nitrogens with zero attached hydrogens (tertiary/aromatic N) is 1. The second-order valence-corrected chi connectivity index (χ2v) is 7.71. The van der Waals surface area contributed by atoms with Gasteiger partial charge in [0.2, 0.25) is 0 Å². The van der Waals surface area contributed by atoms with Gasteiger partial charge in [-0.3, -0.25) is 4.79 Å². The molecule has 3 rings (SSSR count). The Labute approximate surface area is 159 Å². The summed E-state index contributed by atoms with van der Waals surface area (Å²) in [5.74, 6) is 1.02. The number of likely N-dealkylation sites (N-methyl/N-ethyl adjacent to an activating group) is 1. The smallest absolute Gasteiger partial charge is 0.251 e. The number of thioether (sulfide) groups is 1. The van der Waals surface area contributed by atoms with E-state index in [-0.39, 0.29) is 5.91 Å². The third kappa shape index (κ3) is 6.07. The minimum Gasteiger partial charge on any atom is -0.355 e. The first kappa shape index (κ1) is 19.8. The van der Waals surface area contributed by atoms with E-state index in [0.717, 1.165) is 30.3 Å². The number of nitrogens with one attached hydrogen (secondary N) is 1. The van der Waals surface area contributed by atoms with E-state index in [1.807, 2.05) is 30.3 Å². The molecule has 2 aromatic rings. The summed E-state index contributed by atoms with van der Waals surface area (Å²) in [5, 5.41) is 3.45. The predicted octanol–water partition coefficient (Wildman–Crippen LogP) is 4.49. The van der Waals surface area contributed by atoms with E-state index in [1.54, 1.807) is 18.8 Å². The number of fused-ring (bicyclic) bond motifs is 1. The van der Waals surface area contributed by atoms with Crippen LogP contribution in [0.5, 0.6) is 0 Å². The number of hydrogen-bond donors (Lipinski definition) is 1. The predicted molar refractivity (Wildman–Crippen MR) is 108 cm³/mol. The number of carbonyl (C=O) groups excluding carboxylic acids is 1. The monoisotopic (exact) mass is 376 g/mol. The molecule has 25 heavy (non-hydrogen) atoms. The average molecular weight is 377 g/mol. The van der Waals surface area contributed by atoms with Crippen LogP contribution in [0, 0.1) is 0 Å². The number of benzene rings is 2. The first-order chi connectivity index (χ1) is 12.0. The Morgan fingerprint density at radius 2 is 1.92 bits per heavy atom. The van der Waals surface area contributed by atoms with E-state index >= 15 is 0 Å². The lowest BCUT2D eigenvalue weighted by atomic mass is 10.0. The van der Waals surface area contributed by atoms with Gasteiger partial charge in [-0.05, 0) is 66.7 Å². The molecule has 0 unspecified atom stereocenters. The molecule has 134 valence electrons. The van der Waals surface area contributed by atoms with Crippen molar-refractivity contribution in [1.82, 2.24) is 10.2 Å². The fraction of sp³-hybridized carbons (Fsp3) is 0.350. The van der Waals surface area contributed by atoms with Crippen molar-refractivity contribution >= 4 is 29.3 Å². The maximum atomic E-state index is 11.2. The van der Waals surface area contributed by atoms with Gasteiger partial charge in [-0.15, -0.1) is 11.8 Å². The molecule has 0 bridgehead atoms. The molecule has 3 nitrogen and oxygen atoms in total. The highest BCUT2D eigenvalue weighted by atomic mass is 35.5. The number of halogens is 1. The molecule has 1 N–H and O–H groups in total. The third-order valence-electron chi connectivity index (χ3n) is 4.03. The van der Waals surface area contributed by atoms with Crippen molar-refractivity contribution in [3.8, 4) is 0 Å². The highest BCUT2D eigenvalue weighted by Gasteiger charge is 2.12. The summed E-state index contributed by atoms with van der Waals surface area (Å²) in [4.78, 5) is 14.7. The minimum atomic E-state index is -0.0342. The summed E-state index contributed by atoms with van der Waals surface area (Å²) in [7, 11) is 3.79. The molecule has 0 radical (unpaired) electrons. The molecular formula is C20H25ClN2OS. The first-order valence-corrected chi connectivity index (χ1v) is 9.80. The number of amides is 1. The molecule has 0 saturated heterocycles. The van der Waals surface area contributed by atoms with Gasteiger partial charge in [0.25, 0.3) is 5.91 Å². The van der Waals surface area contributed by atoms with Gasteiger partial charge in [-0.25, -0.2) is 0 Å². The molecule has 0 atom stereocenters. The molecule has 0 saturated carbocycles. The Morgan fingerprint density at radius 1 is 1.20 bits per heavy atom. The van der Waals surface area contributed by atoms with Gasteiger partial charge in [0.05, 0.1) is 0 Å². The van der Waals surface area contributed by atoms with Gasteiger partial charge in [-0.2, -0.15) is 0 Å². The lowest BCUT2D eigenvalue weighted by Gasteiger charge is -2.24. The SMILES string of the molecule is CCSc1ccc(C(=O)NC)cc1.CN1CCc2cc(Cl)ccc2C1. The highest BCUT2D eigenvalue weighted by Crippen LogP contribution is 2.21. The second-order valence-electron chi connectivity index (χ2n) is 5.94. The Morgan fingerprint density at radius 3 is 2.56 bits per heavy atom. The van der Waals surface area contributed by atoms with E-state index < -0.39 is 0 Å². The van der Waals surface area contributed by atoms with Gasteiger partial charge in [0.1, 0.15) is 0 Å². The van der Waals surface area contributed by atoms with Gasteiger partial charge >= 0.3 is 0 Å². The Balaban J connectivity index is 0.000000181. The number of rotatable bonds is 3. The molecule has 0 aromatic heterocycles. The zero-order valence-electron chi connectivity index (χ0n) is 15.0. The van der Waals surface area contributed by atoms with E-state index in [0.29, 0.717) is 5.56 Å². The van der Waals surface area contributed by atoms with Crippen LogP contribution in [0.3, 0.4) is 0 Å². The maximum Gasteiger partial charge on any atom is 0.251 e. The molecular weight excluding hydrogens is 352 g/mol. The topological polar surface area (TPSA) is 32.3 Å². The van der Waals surface area contributed by atoms with Gasteiger partial charge in [0, 0.05) is 35.6 Å². The van der Waals surface area contributed by atoms with Gasteiger partial charge in [-0.1, -0.05) is 24.6 Å². The van der Waals surface area contributed by atoms with Crippen LogP contribution in [0.25, 0.3) is 0 Å². The average Bonchev–Trinajstić information content (AvgIpc) is 2.63. The van der Waals surface area contributed by atoms with Crippen molar-refractivity contribution in [2.24, 2.45) is 0 Å². The summed E-state index contributed by atoms with van der Waals surface area (Å²) >= 11 is 7.67. The summed E-state index contributed by atoms with van der Waals surface area (Å²) in [5.41, 5.74) is 3.55. The Bertz CT molecular complexity index is 703. The van der Waals surface area contributed by atoms with Crippen molar-refractivity contribution in [1.29, 1.82) is 0 Å². The minimum absolute atomic E-state index is 0.0342. The summed E-state index contributed by atoms with van der Waals surface area (Å²) in [6, 6.07) is 13.8. The standard InChI is InChI=1S/C10H12ClN.C10H13NOS/c1-12-5-4-8-6-10(11)3-2-9(8)7-12;1-3-13-9-6-4-8(5-7-9)10(12)11-2/h2-3,6H,4-5,7H2,1H3;4-7H,3H2,1-2H3,(H,11,12). The van der Waals surface area contributed by atoms with Crippen LogP contribution in [0.1, 0.15) is 28.4 Å². The molecule has 1 heterocycles. The van der Waals surface area contributed by atoms with E-state index in [9.17, 15) is 4.79 Å². The fourth-order valence-electron chi connectivity index (χ4n) is 2.68. The fourth-order valence-corrected chi connectivity index (χ4v) is 3.53. The third-order valence-corrected chi connectivity index (χ3v) is 5.16. The summed E-state index contributed by atoms with van der Waals surface area (Å²) < 4.78 is 0. The highest BCUT2D eigenvalue weighted by molar-refractivity contribution is 7.99. The van der Waals surface area contributed by atoms with Crippen molar-refractivity contribution < 1.29 is 4.79 Å². The van der Waals surface area contributed by atoms with Gasteiger partial charge in [0.15, 0.2) is 0 Å². The molecule has 5 heteroatoms. The lowest BCUT2D eigenvalue weighted by molar-refractivity contribution is 0.0963. The Kier molecular flexibility index (Phi) is 7.82. The maximum absolute atomic E-state index is 11.2. The normalized spacial score (nSPS) is 13.4. The largest absolute Gasteiger partial charge is 0.355 e. The molecule has 0 spiro atoms. The second kappa shape index (κ2) is 9.85. The van der Waals surface area contributed by atoms with Crippen LogP contribution in [0.2, 0.25) is 5.02 Å². The summed E-state index contributed by atoms with van der Waals surface area (Å²) in [6.45, 7) is 4.32. The first-order valence-electron chi connectivity index (χ1n) is 8.44. The quantitative estimate of drug-likeness (QED) is 0.801. The number of hydrogen-bond acceptors (Lipinski definition) is 3. The van der Waals surface area contributed by atoms with Crippen LogP contribution in [-0.4, -0.2) is 37.2 Å². The van der Waals surface area contributed by atoms with Crippen LogP contribution in [0.15, 0.2) is 47.4 Å². The molecule has 1 aliphatic heterocycles. The zero-order chi connectivity index (χ0) is 18.2. The van der Waals surface area contributed by atoms with Crippen LogP contribution in [-0.2, 0) is 13.0 Å². The van der Waals surface area contributed by atoms with E-state index in [2.05, 4.69) is 36.3 Å². The van der Waals surface area contributed by atoms with Crippen molar-refractivity contribution in [3.05, 3.63) is 64.2 Å². The zero-order valence-corrected chi connectivity index (χ0v) is 16.6. The molecule has 0 fully saturated rings. The molecule has 1 amide bonds. The lowest BCUT2D eigenvalue weighted by Crippen LogP contribution is -2.26. The van der Waals surface area contributed by atoms with Crippen molar-refractivity contribution in [2.75, 3.05) is 26.4 Å². The van der Waals surface area contributed by atoms with Gasteiger partial charge < -0.3 is 10.2 Å². The van der Waals surface area contributed by atoms with Crippen LogP contribution in [0.4, 0.5) is 0 Å². The molecule has 1 aliphatic rings. The van der Waals surface area contributed by atoms with Crippen molar-refractivity contribution in [2.45, 2.75) is 24.8 Å². The summed E-state index contributed by atoms with van der Waals surface area (Å²) in [6.07, 6.45) is 1.13.